The van der Waals surface area contributed by atoms with Gasteiger partial charge in [0.1, 0.15) is 18.6 Å². The molecule has 1 amide bonds. The Hall–Kier alpha value is -2.87. The highest BCUT2D eigenvalue weighted by Gasteiger charge is 2.59. The van der Waals surface area contributed by atoms with E-state index in [0.29, 0.717) is 19.4 Å². The van der Waals surface area contributed by atoms with E-state index in [-0.39, 0.29) is 59.7 Å². The standard InChI is InChI=1S/C32H42ClNO7/c1-21(35)40-20-32(4)27-12-8-11-24(31(27,3)15-13-28(32)41-22(2)36)17-26(25-14-16-39-30(25)38)34(29(37)18-33)19-23-9-6-5-7-10-23/h5-7,9-10,14,16,24-28H,8,11-13,15,17-20H2,1-4H3/t24-,25?,26?,27?,28+,31-,32-/m0/s1. The molecule has 2 aliphatic carbocycles. The number of ether oxygens (including phenoxy) is 3. The summed E-state index contributed by atoms with van der Waals surface area (Å²) >= 11 is 6.13. The summed E-state index contributed by atoms with van der Waals surface area (Å²) < 4.78 is 16.6. The zero-order chi connectivity index (χ0) is 29.8. The van der Waals surface area contributed by atoms with E-state index in [1.54, 1.807) is 11.0 Å². The molecule has 3 unspecified atom stereocenters. The fraction of sp³-hybridized carbons (Fsp3) is 0.625. The van der Waals surface area contributed by atoms with Crippen LogP contribution in [0.5, 0.6) is 0 Å². The lowest BCUT2D eigenvalue weighted by atomic mass is 9.46. The minimum Gasteiger partial charge on any atom is -0.465 e. The van der Waals surface area contributed by atoms with Crippen LogP contribution in [0, 0.1) is 28.6 Å². The monoisotopic (exact) mass is 587 g/mol. The van der Waals surface area contributed by atoms with E-state index in [1.807, 2.05) is 30.3 Å². The maximum absolute atomic E-state index is 13.3. The Labute approximate surface area is 247 Å². The van der Waals surface area contributed by atoms with E-state index in [9.17, 15) is 19.2 Å². The number of amides is 1. The zero-order valence-electron chi connectivity index (χ0n) is 24.5. The van der Waals surface area contributed by atoms with Crippen molar-refractivity contribution in [1.29, 1.82) is 0 Å². The Balaban J connectivity index is 1.69. The maximum Gasteiger partial charge on any atom is 0.319 e. The average molecular weight is 588 g/mol. The molecule has 1 aliphatic heterocycles. The van der Waals surface area contributed by atoms with E-state index in [4.69, 9.17) is 25.8 Å². The fourth-order valence-electron chi connectivity index (χ4n) is 7.84. The number of alkyl halides is 1. The predicted molar refractivity (Wildman–Crippen MR) is 153 cm³/mol. The number of fused-ring (bicyclic) bond motifs is 1. The van der Waals surface area contributed by atoms with Gasteiger partial charge in [0.15, 0.2) is 0 Å². The highest BCUT2D eigenvalue weighted by molar-refractivity contribution is 6.27. The molecule has 0 radical (unpaired) electrons. The number of rotatable bonds is 10. The molecule has 7 atom stereocenters. The molecule has 2 fully saturated rings. The maximum atomic E-state index is 13.3. The molecule has 0 bridgehead atoms. The van der Waals surface area contributed by atoms with Crippen molar-refractivity contribution in [2.24, 2.45) is 28.6 Å². The van der Waals surface area contributed by atoms with Gasteiger partial charge in [-0.1, -0.05) is 50.6 Å². The van der Waals surface area contributed by atoms with Gasteiger partial charge in [0.05, 0.1) is 12.2 Å². The molecule has 1 aromatic carbocycles. The van der Waals surface area contributed by atoms with E-state index in [2.05, 4.69) is 13.8 Å². The largest absolute Gasteiger partial charge is 0.465 e. The Morgan fingerprint density at radius 3 is 2.44 bits per heavy atom. The third-order valence-corrected chi connectivity index (χ3v) is 10.1. The van der Waals surface area contributed by atoms with Gasteiger partial charge in [0, 0.05) is 31.8 Å². The topological polar surface area (TPSA) is 99.2 Å². The molecule has 1 heterocycles. The number of benzene rings is 1. The zero-order valence-corrected chi connectivity index (χ0v) is 25.2. The molecule has 0 aromatic heterocycles. The first-order chi connectivity index (χ1) is 19.5. The second kappa shape index (κ2) is 13.0. The molecule has 8 nitrogen and oxygen atoms in total. The van der Waals surface area contributed by atoms with E-state index < -0.39 is 17.4 Å². The Morgan fingerprint density at radius 1 is 1.10 bits per heavy atom. The van der Waals surface area contributed by atoms with Crippen LogP contribution in [0.3, 0.4) is 0 Å². The molecule has 0 spiro atoms. The van der Waals surface area contributed by atoms with Crippen molar-refractivity contribution < 1.29 is 33.4 Å². The highest BCUT2D eigenvalue weighted by atomic mass is 35.5. The quantitative estimate of drug-likeness (QED) is 0.205. The molecule has 1 aromatic rings. The Bertz CT molecular complexity index is 1160. The van der Waals surface area contributed by atoms with Crippen molar-refractivity contribution in [3.05, 3.63) is 48.2 Å². The van der Waals surface area contributed by atoms with Gasteiger partial charge in [0.2, 0.25) is 5.91 Å². The lowest BCUT2D eigenvalue weighted by Gasteiger charge is -2.60. The number of esters is 3. The van der Waals surface area contributed by atoms with Crippen molar-refractivity contribution in [2.75, 3.05) is 12.5 Å². The summed E-state index contributed by atoms with van der Waals surface area (Å²) in [4.78, 5) is 52.0. The summed E-state index contributed by atoms with van der Waals surface area (Å²) in [6.45, 7) is 7.66. The second-order valence-corrected chi connectivity index (χ2v) is 12.6. The molecule has 2 saturated carbocycles. The lowest BCUT2D eigenvalue weighted by Crippen LogP contribution is -2.59. The van der Waals surface area contributed by atoms with Crippen molar-refractivity contribution in [1.82, 2.24) is 4.90 Å². The molecule has 0 N–H and O–H groups in total. The molecular weight excluding hydrogens is 546 g/mol. The molecule has 4 rings (SSSR count). The van der Waals surface area contributed by atoms with E-state index in [0.717, 1.165) is 31.2 Å². The predicted octanol–water partition coefficient (Wildman–Crippen LogP) is 5.42. The first-order valence-corrected chi connectivity index (χ1v) is 15.1. The first kappa shape index (κ1) is 31.1. The molecule has 41 heavy (non-hydrogen) atoms. The lowest BCUT2D eigenvalue weighted by molar-refractivity contribution is -0.196. The average Bonchev–Trinajstić information content (AvgIpc) is 3.37. The Kier molecular flexibility index (Phi) is 9.83. The number of hydrogen-bond donors (Lipinski definition) is 0. The van der Waals surface area contributed by atoms with Gasteiger partial charge in [0.25, 0.3) is 0 Å². The molecule has 9 heteroatoms. The van der Waals surface area contributed by atoms with Crippen LogP contribution >= 0.6 is 11.6 Å². The summed E-state index contributed by atoms with van der Waals surface area (Å²) in [5.41, 5.74) is 0.187. The summed E-state index contributed by atoms with van der Waals surface area (Å²) in [7, 11) is 0. The van der Waals surface area contributed by atoms with Crippen molar-refractivity contribution >= 4 is 35.4 Å². The molecular formula is C32H42ClNO7. The van der Waals surface area contributed by atoms with Crippen molar-refractivity contribution in [2.45, 2.75) is 84.9 Å². The first-order valence-electron chi connectivity index (χ1n) is 14.6. The minimum absolute atomic E-state index is 0.101. The SMILES string of the molecule is CC(=O)OC[C@@]1(C)C2CCC[C@@H](CC(C3C=COC3=O)N(Cc3ccccc3)C(=O)CCl)[C@]2(C)CC[C@H]1OC(C)=O. The van der Waals surface area contributed by atoms with Crippen LogP contribution < -0.4 is 0 Å². The normalized spacial score (nSPS) is 31.5. The van der Waals surface area contributed by atoms with Gasteiger partial charge in [-0.05, 0) is 61.0 Å². The van der Waals surface area contributed by atoms with Crippen LogP contribution in [0.15, 0.2) is 42.7 Å². The van der Waals surface area contributed by atoms with Crippen LogP contribution in [-0.2, 0) is 39.9 Å². The third-order valence-electron chi connectivity index (χ3n) is 9.86. The van der Waals surface area contributed by atoms with Gasteiger partial charge in [-0.25, -0.2) is 0 Å². The van der Waals surface area contributed by atoms with Crippen molar-refractivity contribution in [3.63, 3.8) is 0 Å². The van der Waals surface area contributed by atoms with Gasteiger partial charge in [-0.3, -0.25) is 19.2 Å². The van der Waals surface area contributed by atoms with Crippen LogP contribution in [0.1, 0.15) is 71.8 Å². The summed E-state index contributed by atoms with van der Waals surface area (Å²) in [6.07, 6.45) is 7.63. The van der Waals surface area contributed by atoms with Gasteiger partial charge in [-0.15, -0.1) is 11.6 Å². The van der Waals surface area contributed by atoms with Crippen molar-refractivity contribution in [3.8, 4) is 0 Å². The number of nitrogens with zero attached hydrogens (tertiary/aromatic N) is 1. The third kappa shape index (κ3) is 6.63. The van der Waals surface area contributed by atoms with Gasteiger partial charge in [-0.2, -0.15) is 0 Å². The van der Waals surface area contributed by atoms with Gasteiger partial charge < -0.3 is 19.1 Å². The highest BCUT2D eigenvalue weighted by Crippen LogP contribution is 2.62. The molecule has 3 aliphatic rings. The van der Waals surface area contributed by atoms with E-state index >= 15 is 0 Å². The van der Waals surface area contributed by atoms with Gasteiger partial charge >= 0.3 is 17.9 Å². The minimum atomic E-state index is -0.598. The van der Waals surface area contributed by atoms with Crippen LogP contribution in [-0.4, -0.2) is 53.3 Å². The second-order valence-electron chi connectivity index (χ2n) is 12.3. The summed E-state index contributed by atoms with van der Waals surface area (Å²) in [5, 5.41) is 0. The molecule has 0 saturated heterocycles. The molecule has 224 valence electrons. The summed E-state index contributed by atoms with van der Waals surface area (Å²) in [6, 6.07) is 9.25. The van der Waals surface area contributed by atoms with Crippen LogP contribution in [0.4, 0.5) is 0 Å². The smallest absolute Gasteiger partial charge is 0.319 e. The summed E-state index contributed by atoms with van der Waals surface area (Å²) in [5.74, 6) is -1.84. The fourth-order valence-corrected chi connectivity index (χ4v) is 8.00. The van der Waals surface area contributed by atoms with E-state index in [1.165, 1.54) is 20.1 Å². The number of carbonyl (C=O) groups is 4. The van der Waals surface area contributed by atoms with Crippen LogP contribution in [0.25, 0.3) is 0 Å². The number of hydrogen-bond acceptors (Lipinski definition) is 7. The number of halogens is 1. The Morgan fingerprint density at radius 2 is 1.83 bits per heavy atom. The van der Waals surface area contributed by atoms with Crippen LogP contribution in [0.2, 0.25) is 0 Å². The number of carbonyl (C=O) groups excluding carboxylic acids is 4. The number of cyclic esters (lactones) is 1.